The molecule has 17 heavy (non-hydrogen) atoms. The highest BCUT2D eigenvalue weighted by Gasteiger charge is 2.27. The smallest absolute Gasteiger partial charge is 0.324 e. The Hall–Kier alpha value is -0.960. The van der Waals surface area contributed by atoms with Crippen LogP contribution in [-0.2, 0) is 14.8 Å². The number of rotatable bonds is 5. The lowest BCUT2D eigenvalue weighted by molar-refractivity contribution is -0.117. The van der Waals surface area contributed by atoms with E-state index < -0.39 is 25.0 Å². The molecular weight excluding hydrogens is 239 g/mol. The van der Waals surface area contributed by atoms with E-state index in [0.29, 0.717) is 0 Å². The van der Waals surface area contributed by atoms with Crippen LogP contribution in [0.3, 0.4) is 0 Å². The van der Waals surface area contributed by atoms with Crippen molar-refractivity contribution in [1.29, 1.82) is 0 Å². The Morgan fingerprint density at radius 1 is 1.24 bits per heavy atom. The predicted octanol–water partition coefficient (Wildman–Crippen LogP) is 2.10. The first-order valence-corrected chi connectivity index (χ1v) is 7.12. The van der Waals surface area contributed by atoms with Crippen LogP contribution in [0, 0.1) is 0 Å². The minimum atomic E-state index is -4.25. The number of ketones is 1. The van der Waals surface area contributed by atoms with Gasteiger partial charge in [0.25, 0.3) is 0 Å². The van der Waals surface area contributed by atoms with E-state index >= 15 is 0 Å². The summed E-state index contributed by atoms with van der Waals surface area (Å²) in [5, 5.41) is 0. The fraction of sp³-hybridized carbons (Fsp3) is 0.417. The minimum absolute atomic E-state index is 0.127. The number of hydrogen-bond donors (Lipinski definition) is 2. The molecule has 0 aromatic heterocycles. The topological polar surface area (TPSA) is 74.6 Å². The van der Waals surface area contributed by atoms with E-state index in [2.05, 4.69) is 0 Å². The summed E-state index contributed by atoms with van der Waals surface area (Å²) in [6.45, 7) is 3.78. The molecule has 0 aliphatic heterocycles. The Balaban J connectivity index is 2.74. The molecule has 0 radical (unpaired) electrons. The van der Waals surface area contributed by atoms with Crippen LogP contribution >= 0.6 is 7.60 Å². The van der Waals surface area contributed by atoms with Gasteiger partial charge in [-0.3, -0.25) is 9.36 Å². The van der Waals surface area contributed by atoms with Crippen LogP contribution in [0.25, 0.3) is 0 Å². The molecule has 0 heterocycles. The molecule has 0 aliphatic carbocycles. The second-order valence-corrected chi connectivity index (χ2v) is 6.43. The van der Waals surface area contributed by atoms with E-state index in [0.717, 1.165) is 5.56 Å². The zero-order chi connectivity index (χ0) is 13.1. The SMILES string of the molecule is CC(C)(CC(=O)CP(=O)(O)O)c1ccccc1. The molecule has 0 unspecified atom stereocenters. The van der Waals surface area contributed by atoms with Gasteiger partial charge in [0, 0.05) is 6.42 Å². The van der Waals surface area contributed by atoms with Crippen LogP contribution in [0.2, 0.25) is 0 Å². The van der Waals surface area contributed by atoms with E-state index in [-0.39, 0.29) is 6.42 Å². The lowest BCUT2D eigenvalue weighted by atomic mass is 9.80. The van der Waals surface area contributed by atoms with Crippen LogP contribution in [0.15, 0.2) is 30.3 Å². The van der Waals surface area contributed by atoms with E-state index in [1.54, 1.807) is 0 Å². The zero-order valence-corrected chi connectivity index (χ0v) is 10.9. The highest BCUT2D eigenvalue weighted by atomic mass is 31.2. The molecule has 0 bridgehead atoms. The largest absolute Gasteiger partial charge is 0.332 e. The molecule has 1 rings (SSSR count). The van der Waals surface area contributed by atoms with Crippen molar-refractivity contribution in [3.63, 3.8) is 0 Å². The average molecular weight is 256 g/mol. The van der Waals surface area contributed by atoms with E-state index in [1.165, 1.54) is 0 Å². The minimum Gasteiger partial charge on any atom is -0.324 e. The molecule has 0 spiro atoms. The van der Waals surface area contributed by atoms with Crippen molar-refractivity contribution in [2.45, 2.75) is 25.7 Å². The maximum absolute atomic E-state index is 11.6. The van der Waals surface area contributed by atoms with E-state index in [1.807, 2.05) is 44.2 Å². The van der Waals surface area contributed by atoms with Gasteiger partial charge in [0.15, 0.2) is 0 Å². The van der Waals surface area contributed by atoms with Gasteiger partial charge in [-0.2, -0.15) is 0 Å². The maximum Gasteiger partial charge on any atom is 0.332 e. The highest BCUT2D eigenvalue weighted by molar-refractivity contribution is 7.52. The number of hydrogen-bond acceptors (Lipinski definition) is 2. The third-order valence-corrected chi connectivity index (χ3v) is 3.34. The number of benzene rings is 1. The van der Waals surface area contributed by atoms with Crippen molar-refractivity contribution in [2.24, 2.45) is 0 Å². The Kier molecular flexibility index (Phi) is 4.26. The molecular formula is C12H17O4P. The van der Waals surface area contributed by atoms with Crippen molar-refractivity contribution in [1.82, 2.24) is 0 Å². The van der Waals surface area contributed by atoms with E-state index in [9.17, 15) is 9.36 Å². The van der Waals surface area contributed by atoms with Crippen LogP contribution in [0.1, 0.15) is 25.8 Å². The standard InChI is InChI=1S/C12H17O4P/c1-12(2,10-6-4-3-5-7-10)8-11(13)9-17(14,15)16/h3-7H,8-9H2,1-2H3,(H2,14,15,16). The molecule has 4 nitrogen and oxygen atoms in total. The molecule has 5 heteroatoms. The molecule has 2 N–H and O–H groups in total. The molecule has 94 valence electrons. The summed E-state index contributed by atoms with van der Waals surface area (Å²) in [5.74, 6) is -0.410. The molecule has 0 fully saturated rings. The molecule has 0 amide bonds. The molecule has 0 saturated carbocycles. The molecule has 1 aromatic rings. The van der Waals surface area contributed by atoms with Gasteiger partial charge in [-0.25, -0.2) is 0 Å². The summed E-state index contributed by atoms with van der Waals surface area (Å²) in [7, 11) is -4.25. The van der Waals surface area contributed by atoms with Gasteiger partial charge in [-0.05, 0) is 11.0 Å². The monoisotopic (exact) mass is 256 g/mol. The number of Topliss-reactive ketones (excluding diaryl/α,β-unsaturated/α-hetero) is 1. The average Bonchev–Trinajstić information content (AvgIpc) is 2.15. The van der Waals surface area contributed by atoms with Crippen LogP contribution < -0.4 is 0 Å². The second-order valence-electron chi connectivity index (χ2n) is 4.79. The quantitative estimate of drug-likeness (QED) is 0.791. The normalized spacial score (nSPS) is 12.5. The maximum atomic E-state index is 11.6. The van der Waals surface area contributed by atoms with Crippen LogP contribution in [0.5, 0.6) is 0 Å². The Bertz CT molecular complexity index is 433. The van der Waals surface area contributed by atoms with Crippen molar-refractivity contribution >= 4 is 13.4 Å². The van der Waals surface area contributed by atoms with Crippen molar-refractivity contribution in [3.05, 3.63) is 35.9 Å². The molecule has 1 aromatic carbocycles. The lowest BCUT2D eigenvalue weighted by Crippen LogP contribution is -2.23. The van der Waals surface area contributed by atoms with Gasteiger partial charge in [0.05, 0.1) is 0 Å². The summed E-state index contributed by atoms with van der Waals surface area (Å²) in [6, 6.07) is 9.46. The van der Waals surface area contributed by atoms with Gasteiger partial charge in [0.2, 0.25) is 0 Å². The van der Waals surface area contributed by atoms with Gasteiger partial charge in [-0.1, -0.05) is 44.2 Å². The Morgan fingerprint density at radius 3 is 2.24 bits per heavy atom. The summed E-state index contributed by atoms with van der Waals surface area (Å²) in [5.41, 5.74) is 0.576. The Labute approximate surface area is 101 Å². The zero-order valence-electron chi connectivity index (χ0n) is 9.96. The van der Waals surface area contributed by atoms with Crippen molar-refractivity contribution in [3.8, 4) is 0 Å². The summed E-state index contributed by atoms with van der Waals surface area (Å²) in [6.07, 6.45) is -0.550. The second kappa shape index (κ2) is 5.13. The van der Waals surface area contributed by atoms with Crippen LogP contribution in [0.4, 0.5) is 0 Å². The van der Waals surface area contributed by atoms with Crippen molar-refractivity contribution < 1.29 is 19.1 Å². The first kappa shape index (κ1) is 14.1. The van der Waals surface area contributed by atoms with Crippen LogP contribution in [-0.4, -0.2) is 21.7 Å². The lowest BCUT2D eigenvalue weighted by Gasteiger charge is -2.24. The highest BCUT2D eigenvalue weighted by Crippen LogP contribution is 2.36. The summed E-state index contributed by atoms with van der Waals surface area (Å²) in [4.78, 5) is 29.0. The molecule has 0 saturated heterocycles. The van der Waals surface area contributed by atoms with Gasteiger partial charge in [0.1, 0.15) is 11.9 Å². The third-order valence-electron chi connectivity index (χ3n) is 2.58. The van der Waals surface area contributed by atoms with Gasteiger partial charge >= 0.3 is 7.60 Å². The van der Waals surface area contributed by atoms with Gasteiger partial charge < -0.3 is 9.79 Å². The predicted molar refractivity (Wildman–Crippen MR) is 66.0 cm³/mol. The Morgan fingerprint density at radius 2 is 1.76 bits per heavy atom. The third kappa shape index (κ3) is 4.82. The fourth-order valence-corrected chi connectivity index (χ4v) is 2.34. The number of carbonyl (C=O) groups excluding carboxylic acids is 1. The summed E-state index contributed by atoms with van der Waals surface area (Å²) >= 11 is 0. The first-order chi connectivity index (χ1) is 7.71. The fourth-order valence-electron chi connectivity index (χ4n) is 1.77. The number of carbonyl (C=O) groups is 1. The van der Waals surface area contributed by atoms with E-state index in [4.69, 9.17) is 9.79 Å². The molecule has 0 aliphatic rings. The molecule has 0 atom stereocenters. The van der Waals surface area contributed by atoms with Gasteiger partial charge in [-0.15, -0.1) is 0 Å². The van der Waals surface area contributed by atoms with Crippen molar-refractivity contribution in [2.75, 3.05) is 6.16 Å². The summed E-state index contributed by atoms with van der Waals surface area (Å²) < 4.78 is 10.7. The first-order valence-electron chi connectivity index (χ1n) is 5.32.